The summed E-state index contributed by atoms with van der Waals surface area (Å²) in [6.45, 7) is 5.63. The van der Waals surface area contributed by atoms with E-state index in [2.05, 4.69) is 10.4 Å². The minimum atomic E-state index is -0.552. The highest BCUT2D eigenvalue weighted by molar-refractivity contribution is 5.61. The summed E-state index contributed by atoms with van der Waals surface area (Å²) in [6, 6.07) is 0. The molecule has 0 unspecified atom stereocenters. The van der Waals surface area contributed by atoms with E-state index < -0.39 is 10.5 Å². The molecule has 1 heterocycles. The topological polar surface area (TPSA) is 93.2 Å². The lowest BCUT2D eigenvalue weighted by molar-refractivity contribution is -0.384. The number of anilines is 1. The first-order valence-corrected chi connectivity index (χ1v) is 6.53. The molecular formula is C12H22N4O3. The number of aliphatic hydroxyl groups is 1. The average Bonchev–Trinajstić information content (AvgIpc) is 2.72. The van der Waals surface area contributed by atoms with Crippen molar-refractivity contribution in [3.8, 4) is 0 Å². The molecule has 0 saturated carbocycles. The van der Waals surface area contributed by atoms with Gasteiger partial charge in [0.15, 0.2) is 0 Å². The van der Waals surface area contributed by atoms with Crippen LogP contribution >= 0.6 is 0 Å². The van der Waals surface area contributed by atoms with Gasteiger partial charge in [-0.1, -0.05) is 20.8 Å². The van der Waals surface area contributed by atoms with E-state index in [0.29, 0.717) is 30.8 Å². The van der Waals surface area contributed by atoms with Gasteiger partial charge in [-0.15, -0.1) is 0 Å². The van der Waals surface area contributed by atoms with Crippen molar-refractivity contribution in [2.75, 3.05) is 11.9 Å². The van der Waals surface area contributed by atoms with Crippen LogP contribution in [-0.2, 0) is 13.5 Å². The molecule has 0 aliphatic rings. The van der Waals surface area contributed by atoms with Gasteiger partial charge in [0.2, 0.25) is 5.82 Å². The zero-order valence-corrected chi connectivity index (χ0v) is 11.9. The normalized spacial score (nSPS) is 11.6. The van der Waals surface area contributed by atoms with Gasteiger partial charge < -0.3 is 10.4 Å². The van der Waals surface area contributed by atoms with Crippen LogP contribution in [0.3, 0.4) is 0 Å². The quantitative estimate of drug-likeness (QED) is 0.582. The standard InChI is InChI=1S/C12H22N4O3/c1-5-9-10(16(18)19)11(15(4)14-9)13-12(6-2,7-3)8-17/h13,17H,5-8H2,1-4H3. The molecule has 7 heteroatoms. The van der Waals surface area contributed by atoms with Gasteiger partial charge in [-0.3, -0.25) is 10.1 Å². The lowest BCUT2D eigenvalue weighted by Crippen LogP contribution is -2.41. The molecule has 108 valence electrons. The second kappa shape index (κ2) is 6.01. The van der Waals surface area contributed by atoms with E-state index in [1.165, 1.54) is 4.68 Å². The number of aliphatic hydroxyl groups excluding tert-OH is 1. The Labute approximate surface area is 112 Å². The summed E-state index contributed by atoms with van der Waals surface area (Å²) in [5, 5.41) is 28.1. The van der Waals surface area contributed by atoms with Gasteiger partial charge in [-0.05, 0) is 19.3 Å². The molecule has 0 bridgehead atoms. The third-order valence-corrected chi connectivity index (χ3v) is 3.65. The largest absolute Gasteiger partial charge is 0.394 e. The van der Waals surface area contributed by atoms with Crippen molar-refractivity contribution in [1.29, 1.82) is 0 Å². The van der Waals surface area contributed by atoms with Gasteiger partial charge in [-0.25, -0.2) is 4.68 Å². The van der Waals surface area contributed by atoms with Crippen LogP contribution in [-0.4, -0.2) is 32.0 Å². The number of nitro groups is 1. The van der Waals surface area contributed by atoms with Gasteiger partial charge >= 0.3 is 5.69 Å². The van der Waals surface area contributed by atoms with Crippen molar-refractivity contribution < 1.29 is 10.0 Å². The number of hydrogen-bond acceptors (Lipinski definition) is 5. The number of nitrogens with zero attached hydrogens (tertiary/aromatic N) is 3. The van der Waals surface area contributed by atoms with Crippen LogP contribution in [0.5, 0.6) is 0 Å². The number of aryl methyl sites for hydroxylation is 2. The number of rotatable bonds is 7. The maximum Gasteiger partial charge on any atom is 0.333 e. The molecule has 0 atom stereocenters. The van der Waals surface area contributed by atoms with Crippen molar-refractivity contribution in [3.05, 3.63) is 15.8 Å². The fourth-order valence-electron chi connectivity index (χ4n) is 2.08. The minimum Gasteiger partial charge on any atom is -0.394 e. The molecule has 7 nitrogen and oxygen atoms in total. The summed E-state index contributed by atoms with van der Waals surface area (Å²) in [5.41, 5.74) is -0.0948. The Morgan fingerprint density at radius 2 is 2.00 bits per heavy atom. The van der Waals surface area contributed by atoms with Crippen molar-refractivity contribution in [2.24, 2.45) is 7.05 Å². The van der Waals surface area contributed by atoms with Gasteiger partial charge in [0.1, 0.15) is 5.69 Å². The Balaban J connectivity index is 3.27. The van der Waals surface area contributed by atoms with Gasteiger partial charge in [0.05, 0.1) is 17.1 Å². The third-order valence-electron chi connectivity index (χ3n) is 3.65. The Bertz CT molecular complexity index is 444. The zero-order valence-electron chi connectivity index (χ0n) is 11.9. The highest BCUT2D eigenvalue weighted by atomic mass is 16.6. The van der Waals surface area contributed by atoms with E-state index in [4.69, 9.17) is 0 Å². The molecule has 19 heavy (non-hydrogen) atoms. The third kappa shape index (κ3) is 2.86. The van der Waals surface area contributed by atoms with Gasteiger partial charge in [0, 0.05) is 7.05 Å². The monoisotopic (exact) mass is 270 g/mol. The first-order valence-electron chi connectivity index (χ1n) is 6.53. The van der Waals surface area contributed by atoms with Crippen LogP contribution < -0.4 is 5.32 Å². The molecule has 1 aromatic rings. The van der Waals surface area contributed by atoms with Crippen LogP contribution in [0.25, 0.3) is 0 Å². The van der Waals surface area contributed by atoms with Gasteiger partial charge in [-0.2, -0.15) is 5.10 Å². The summed E-state index contributed by atoms with van der Waals surface area (Å²) < 4.78 is 1.48. The van der Waals surface area contributed by atoms with Crippen LogP contribution in [0.1, 0.15) is 39.3 Å². The summed E-state index contributed by atoms with van der Waals surface area (Å²) in [5.74, 6) is 0.361. The Kier molecular flexibility index (Phi) is 4.88. The Morgan fingerprint density at radius 1 is 1.42 bits per heavy atom. The van der Waals surface area contributed by atoms with E-state index in [9.17, 15) is 15.2 Å². The summed E-state index contributed by atoms with van der Waals surface area (Å²) in [4.78, 5) is 10.8. The molecule has 1 rings (SSSR count). The smallest absolute Gasteiger partial charge is 0.333 e. The predicted octanol–water partition coefficient (Wildman–Crippen LogP) is 1.85. The van der Waals surface area contributed by atoms with Crippen LogP contribution in [0, 0.1) is 10.1 Å². The summed E-state index contributed by atoms with van der Waals surface area (Å²) in [6.07, 6.45) is 1.84. The Morgan fingerprint density at radius 3 is 2.37 bits per heavy atom. The molecule has 0 radical (unpaired) electrons. The second-order valence-electron chi connectivity index (χ2n) is 4.65. The maximum absolute atomic E-state index is 11.2. The first-order chi connectivity index (χ1) is 8.94. The lowest BCUT2D eigenvalue weighted by Gasteiger charge is -2.31. The van der Waals surface area contributed by atoms with Crippen molar-refractivity contribution >= 4 is 11.5 Å². The highest BCUT2D eigenvalue weighted by Crippen LogP contribution is 2.32. The lowest BCUT2D eigenvalue weighted by atomic mass is 9.94. The first kappa shape index (κ1) is 15.4. The summed E-state index contributed by atoms with van der Waals surface area (Å²) >= 11 is 0. The Hall–Kier alpha value is -1.63. The van der Waals surface area contributed by atoms with E-state index in [1.54, 1.807) is 7.05 Å². The molecule has 0 fully saturated rings. The fraction of sp³-hybridized carbons (Fsp3) is 0.750. The minimum absolute atomic E-state index is 0.00438. The van der Waals surface area contributed by atoms with Crippen LogP contribution in [0.2, 0.25) is 0 Å². The molecular weight excluding hydrogens is 248 g/mol. The van der Waals surface area contributed by atoms with Crippen LogP contribution in [0.15, 0.2) is 0 Å². The molecule has 1 aromatic heterocycles. The fourth-order valence-corrected chi connectivity index (χ4v) is 2.08. The predicted molar refractivity (Wildman–Crippen MR) is 73.3 cm³/mol. The number of aromatic nitrogens is 2. The van der Waals surface area contributed by atoms with Crippen molar-refractivity contribution in [2.45, 2.75) is 45.6 Å². The molecule has 0 aliphatic heterocycles. The molecule has 2 N–H and O–H groups in total. The SMILES string of the molecule is CCc1nn(C)c(NC(CC)(CC)CO)c1[N+](=O)[O-]. The van der Waals surface area contributed by atoms with Crippen molar-refractivity contribution in [3.63, 3.8) is 0 Å². The zero-order chi connectivity index (χ0) is 14.6. The average molecular weight is 270 g/mol. The molecule has 0 aliphatic carbocycles. The molecule has 0 amide bonds. The summed E-state index contributed by atoms with van der Waals surface area (Å²) in [7, 11) is 1.67. The highest BCUT2D eigenvalue weighted by Gasteiger charge is 2.32. The van der Waals surface area contributed by atoms with E-state index in [-0.39, 0.29) is 12.3 Å². The van der Waals surface area contributed by atoms with Gasteiger partial charge in [0.25, 0.3) is 0 Å². The molecule has 0 spiro atoms. The van der Waals surface area contributed by atoms with Crippen LogP contribution in [0.4, 0.5) is 11.5 Å². The van der Waals surface area contributed by atoms with E-state index >= 15 is 0 Å². The molecule has 0 saturated heterocycles. The maximum atomic E-state index is 11.2. The van der Waals surface area contributed by atoms with Crippen molar-refractivity contribution in [1.82, 2.24) is 9.78 Å². The number of hydrogen-bond donors (Lipinski definition) is 2. The number of nitrogens with one attached hydrogen (secondary N) is 1. The second-order valence-corrected chi connectivity index (χ2v) is 4.65. The van der Waals surface area contributed by atoms with E-state index in [1.807, 2.05) is 20.8 Å². The van der Waals surface area contributed by atoms with E-state index in [0.717, 1.165) is 0 Å². The molecule has 0 aromatic carbocycles.